The molecule has 1 amide bonds. The molecule has 0 saturated carbocycles. The highest BCUT2D eigenvalue weighted by molar-refractivity contribution is 5.94. The third kappa shape index (κ3) is 4.70. The first-order valence-electron chi connectivity index (χ1n) is 11.0. The van der Waals surface area contributed by atoms with Crippen molar-refractivity contribution in [3.05, 3.63) is 83.2 Å². The fourth-order valence-electron chi connectivity index (χ4n) is 4.38. The molecule has 4 rings (SSSR count). The standard InChI is InChI=1S/C26H29FN4O/c1-18-23(26(32)30(2)3)15-28-25(29-18)20-10-8-14-31(17-20)16-19-9-4-5-11-21(19)22-12-6-7-13-24(22)27/h4-7,9,11-13,15,20H,8,10,14,16-17H2,1-3H3. The van der Waals surface area contributed by atoms with E-state index in [4.69, 9.17) is 0 Å². The molecule has 1 aromatic heterocycles. The summed E-state index contributed by atoms with van der Waals surface area (Å²) in [5.41, 5.74) is 3.95. The van der Waals surface area contributed by atoms with Gasteiger partial charge in [0.05, 0.1) is 11.3 Å². The molecule has 0 radical (unpaired) electrons. The molecule has 1 aliphatic rings. The van der Waals surface area contributed by atoms with Gasteiger partial charge in [0, 0.05) is 44.9 Å². The highest BCUT2D eigenvalue weighted by atomic mass is 19.1. The Morgan fingerprint density at radius 2 is 1.84 bits per heavy atom. The Hall–Kier alpha value is -3.12. The number of aromatic nitrogens is 2. The summed E-state index contributed by atoms with van der Waals surface area (Å²) in [7, 11) is 3.46. The van der Waals surface area contributed by atoms with Gasteiger partial charge in [0.2, 0.25) is 0 Å². The van der Waals surface area contributed by atoms with Gasteiger partial charge >= 0.3 is 0 Å². The van der Waals surface area contributed by atoms with E-state index in [0.717, 1.165) is 55.1 Å². The molecular weight excluding hydrogens is 403 g/mol. The number of hydrogen-bond donors (Lipinski definition) is 0. The smallest absolute Gasteiger partial charge is 0.256 e. The molecule has 0 N–H and O–H groups in total. The number of carbonyl (C=O) groups is 1. The van der Waals surface area contributed by atoms with E-state index >= 15 is 0 Å². The molecule has 1 atom stereocenters. The Kier molecular flexibility index (Phi) is 6.61. The van der Waals surface area contributed by atoms with Gasteiger partial charge < -0.3 is 4.90 Å². The first-order valence-corrected chi connectivity index (χ1v) is 11.0. The van der Waals surface area contributed by atoms with Crippen molar-refractivity contribution >= 4 is 5.91 Å². The van der Waals surface area contributed by atoms with Crippen molar-refractivity contribution < 1.29 is 9.18 Å². The van der Waals surface area contributed by atoms with E-state index in [1.807, 2.05) is 37.3 Å². The van der Waals surface area contributed by atoms with Crippen molar-refractivity contribution in [1.29, 1.82) is 0 Å². The maximum absolute atomic E-state index is 14.4. The highest BCUT2D eigenvalue weighted by Crippen LogP contribution is 2.30. The highest BCUT2D eigenvalue weighted by Gasteiger charge is 2.25. The number of rotatable bonds is 5. The molecule has 2 heterocycles. The average molecular weight is 433 g/mol. The van der Waals surface area contributed by atoms with Crippen LogP contribution in [-0.4, -0.2) is 52.9 Å². The van der Waals surface area contributed by atoms with Gasteiger partial charge in [0.15, 0.2) is 0 Å². The Morgan fingerprint density at radius 1 is 1.12 bits per heavy atom. The zero-order chi connectivity index (χ0) is 22.7. The lowest BCUT2D eigenvalue weighted by atomic mass is 9.94. The van der Waals surface area contributed by atoms with Gasteiger partial charge in [-0.3, -0.25) is 9.69 Å². The number of likely N-dealkylation sites (tertiary alicyclic amines) is 1. The predicted molar refractivity (Wildman–Crippen MR) is 124 cm³/mol. The number of benzene rings is 2. The van der Waals surface area contributed by atoms with Crippen LogP contribution in [0.1, 0.15) is 46.2 Å². The molecule has 1 aliphatic heterocycles. The Morgan fingerprint density at radius 3 is 2.56 bits per heavy atom. The predicted octanol–water partition coefficient (Wildman–Crippen LogP) is 4.67. The largest absolute Gasteiger partial charge is 0.345 e. The van der Waals surface area contributed by atoms with E-state index in [1.54, 1.807) is 31.3 Å². The molecule has 0 spiro atoms. The topological polar surface area (TPSA) is 49.3 Å². The second-order valence-corrected chi connectivity index (χ2v) is 8.64. The Labute approximate surface area is 188 Å². The van der Waals surface area contributed by atoms with Crippen LogP contribution in [0, 0.1) is 12.7 Å². The van der Waals surface area contributed by atoms with E-state index in [0.29, 0.717) is 11.1 Å². The van der Waals surface area contributed by atoms with Gasteiger partial charge in [-0.25, -0.2) is 14.4 Å². The summed E-state index contributed by atoms with van der Waals surface area (Å²) >= 11 is 0. The molecule has 1 unspecified atom stereocenters. The number of nitrogens with zero attached hydrogens (tertiary/aromatic N) is 4. The summed E-state index contributed by atoms with van der Waals surface area (Å²) in [5, 5.41) is 0. The van der Waals surface area contributed by atoms with Crippen LogP contribution in [0.4, 0.5) is 4.39 Å². The van der Waals surface area contributed by atoms with Crippen LogP contribution in [0.5, 0.6) is 0 Å². The number of aryl methyl sites for hydroxylation is 1. The number of amides is 1. The lowest BCUT2D eigenvalue weighted by Gasteiger charge is -2.32. The molecular formula is C26H29FN4O. The third-order valence-corrected chi connectivity index (χ3v) is 6.08. The second-order valence-electron chi connectivity index (χ2n) is 8.64. The number of halogens is 1. The second kappa shape index (κ2) is 9.57. The van der Waals surface area contributed by atoms with Gasteiger partial charge in [-0.1, -0.05) is 42.5 Å². The van der Waals surface area contributed by atoms with Crippen LogP contribution in [0.25, 0.3) is 11.1 Å². The average Bonchev–Trinajstić information content (AvgIpc) is 2.79. The lowest BCUT2D eigenvalue weighted by Crippen LogP contribution is -2.35. The molecule has 1 fully saturated rings. The summed E-state index contributed by atoms with van der Waals surface area (Å²) in [6.45, 7) is 4.44. The van der Waals surface area contributed by atoms with Gasteiger partial charge in [-0.05, 0) is 43.5 Å². The van der Waals surface area contributed by atoms with Crippen molar-refractivity contribution in [1.82, 2.24) is 19.8 Å². The number of carbonyl (C=O) groups excluding carboxylic acids is 1. The summed E-state index contributed by atoms with van der Waals surface area (Å²) < 4.78 is 14.4. The molecule has 3 aromatic rings. The van der Waals surface area contributed by atoms with Crippen LogP contribution in [0.15, 0.2) is 54.7 Å². The van der Waals surface area contributed by atoms with Crippen molar-refractivity contribution in [2.24, 2.45) is 0 Å². The third-order valence-electron chi connectivity index (χ3n) is 6.08. The van der Waals surface area contributed by atoms with Crippen LogP contribution in [0.2, 0.25) is 0 Å². The van der Waals surface area contributed by atoms with Crippen LogP contribution >= 0.6 is 0 Å². The normalized spacial score (nSPS) is 16.7. The SMILES string of the molecule is Cc1nc(C2CCCN(Cc3ccccc3-c3ccccc3F)C2)ncc1C(=O)N(C)C. The summed E-state index contributed by atoms with van der Waals surface area (Å²) in [5.74, 6) is 0.730. The molecule has 0 bridgehead atoms. The Bertz CT molecular complexity index is 1110. The molecule has 166 valence electrons. The van der Waals surface area contributed by atoms with Crippen molar-refractivity contribution in [3.63, 3.8) is 0 Å². The van der Waals surface area contributed by atoms with Gasteiger partial charge in [-0.15, -0.1) is 0 Å². The van der Waals surface area contributed by atoms with Crippen molar-refractivity contribution in [2.45, 2.75) is 32.2 Å². The summed E-state index contributed by atoms with van der Waals surface area (Å²) in [6.07, 6.45) is 3.73. The molecule has 2 aromatic carbocycles. The molecule has 1 saturated heterocycles. The summed E-state index contributed by atoms with van der Waals surface area (Å²) in [6, 6.07) is 15.0. The zero-order valence-corrected chi connectivity index (χ0v) is 18.9. The van der Waals surface area contributed by atoms with Crippen LogP contribution < -0.4 is 0 Å². The van der Waals surface area contributed by atoms with E-state index in [1.165, 1.54) is 6.07 Å². The zero-order valence-electron chi connectivity index (χ0n) is 18.9. The van der Waals surface area contributed by atoms with Crippen molar-refractivity contribution in [3.8, 4) is 11.1 Å². The molecule has 0 aliphatic carbocycles. The molecule has 6 heteroatoms. The Balaban J connectivity index is 1.52. The molecule has 5 nitrogen and oxygen atoms in total. The minimum Gasteiger partial charge on any atom is -0.345 e. The van der Waals surface area contributed by atoms with Crippen molar-refractivity contribution in [2.75, 3.05) is 27.2 Å². The maximum atomic E-state index is 14.4. The fraction of sp³-hybridized carbons (Fsp3) is 0.346. The summed E-state index contributed by atoms with van der Waals surface area (Å²) in [4.78, 5) is 25.5. The van der Waals surface area contributed by atoms with E-state index in [-0.39, 0.29) is 17.6 Å². The van der Waals surface area contributed by atoms with Gasteiger partial charge in [0.25, 0.3) is 5.91 Å². The first-order chi connectivity index (χ1) is 15.4. The number of piperidine rings is 1. The first kappa shape index (κ1) is 22.1. The number of hydrogen-bond acceptors (Lipinski definition) is 4. The van der Waals surface area contributed by atoms with E-state index < -0.39 is 0 Å². The van der Waals surface area contributed by atoms with Crippen LogP contribution in [0.3, 0.4) is 0 Å². The van der Waals surface area contributed by atoms with Gasteiger partial charge in [-0.2, -0.15) is 0 Å². The fourth-order valence-corrected chi connectivity index (χ4v) is 4.38. The van der Waals surface area contributed by atoms with Crippen LogP contribution in [-0.2, 0) is 6.54 Å². The maximum Gasteiger partial charge on any atom is 0.256 e. The minimum absolute atomic E-state index is 0.0796. The molecule has 32 heavy (non-hydrogen) atoms. The van der Waals surface area contributed by atoms with E-state index in [9.17, 15) is 9.18 Å². The van der Waals surface area contributed by atoms with Gasteiger partial charge in [0.1, 0.15) is 11.6 Å². The van der Waals surface area contributed by atoms with E-state index in [2.05, 4.69) is 20.9 Å². The lowest BCUT2D eigenvalue weighted by molar-refractivity contribution is 0.0825. The minimum atomic E-state index is -0.201. The quantitative estimate of drug-likeness (QED) is 0.588. The monoisotopic (exact) mass is 432 g/mol.